The highest BCUT2D eigenvalue weighted by molar-refractivity contribution is 5.91. The van der Waals surface area contributed by atoms with Crippen molar-refractivity contribution in [2.75, 3.05) is 5.32 Å². The summed E-state index contributed by atoms with van der Waals surface area (Å²) in [5.74, 6) is -0.237. The van der Waals surface area contributed by atoms with Crippen molar-refractivity contribution in [1.29, 1.82) is 0 Å². The van der Waals surface area contributed by atoms with Crippen molar-refractivity contribution in [1.82, 2.24) is 9.78 Å². The highest BCUT2D eigenvalue weighted by Gasteiger charge is 2.63. The molecule has 0 spiro atoms. The quantitative estimate of drug-likeness (QED) is 0.676. The minimum absolute atomic E-state index is 0.000601. The van der Waals surface area contributed by atoms with E-state index in [0.717, 1.165) is 36.1 Å². The Labute approximate surface area is 166 Å². The van der Waals surface area contributed by atoms with Crippen molar-refractivity contribution < 1.29 is 22.4 Å². The first-order valence-corrected chi connectivity index (χ1v) is 9.85. The Hall–Kier alpha value is -2.38. The van der Waals surface area contributed by atoms with E-state index in [1.165, 1.54) is 16.8 Å². The highest BCUT2D eigenvalue weighted by atomic mass is 19.4. The predicted octanol–water partition coefficient (Wildman–Crippen LogP) is 5.09. The van der Waals surface area contributed by atoms with Crippen LogP contribution in [0, 0.1) is 11.2 Å². The molecular formula is C21H23F4N3O. The normalized spacial score (nSPS) is 18.4. The second-order valence-corrected chi connectivity index (χ2v) is 8.27. The van der Waals surface area contributed by atoms with Crippen LogP contribution < -0.4 is 5.32 Å². The molecule has 1 heterocycles. The molecule has 0 atom stereocenters. The van der Waals surface area contributed by atoms with Gasteiger partial charge in [0, 0.05) is 25.5 Å². The number of aromatic nitrogens is 2. The molecule has 156 valence electrons. The molecule has 0 saturated heterocycles. The fraction of sp³-hybridized carbons (Fsp3) is 0.524. The molecule has 1 aromatic carbocycles. The van der Waals surface area contributed by atoms with Crippen LogP contribution in [-0.2, 0) is 18.3 Å². The number of halogens is 4. The van der Waals surface area contributed by atoms with Gasteiger partial charge >= 0.3 is 6.18 Å². The summed E-state index contributed by atoms with van der Waals surface area (Å²) in [4.78, 5) is 12.5. The van der Waals surface area contributed by atoms with Gasteiger partial charge in [0.1, 0.15) is 11.6 Å². The van der Waals surface area contributed by atoms with Crippen LogP contribution >= 0.6 is 0 Å². The van der Waals surface area contributed by atoms with E-state index in [9.17, 15) is 22.4 Å². The van der Waals surface area contributed by atoms with Gasteiger partial charge in [-0.3, -0.25) is 9.48 Å². The maximum atomic E-state index is 13.2. The number of carbonyl (C=O) groups is 1. The van der Waals surface area contributed by atoms with Gasteiger partial charge in [0.15, 0.2) is 0 Å². The molecule has 0 radical (unpaired) electrons. The van der Waals surface area contributed by atoms with E-state index >= 15 is 0 Å². The molecule has 0 bridgehead atoms. The lowest BCUT2D eigenvalue weighted by Gasteiger charge is -2.27. The van der Waals surface area contributed by atoms with Crippen LogP contribution in [0.1, 0.15) is 61.3 Å². The maximum absolute atomic E-state index is 13.2. The molecule has 4 rings (SSSR count). The summed E-state index contributed by atoms with van der Waals surface area (Å²) < 4.78 is 54.3. The van der Waals surface area contributed by atoms with E-state index in [1.54, 1.807) is 19.2 Å². The summed E-state index contributed by atoms with van der Waals surface area (Å²) >= 11 is 0. The van der Waals surface area contributed by atoms with Crippen molar-refractivity contribution in [3.05, 3.63) is 46.9 Å². The van der Waals surface area contributed by atoms with Gasteiger partial charge in [-0.15, -0.1) is 0 Å². The van der Waals surface area contributed by atoms with Crippen molar-refractivity contribution in [3.63, 3.8) is 0 Å². The topological polar surface area (TPSA) is 46.9 Å². The fourth-order valence-corrected chi connectivity index (χ4v) is 3.99. The van der Waals surface area contributed by atoms with Gasteiger partial charge in [-0.1, -0.05) is 18.6 Å². The number of anilines is 1. The van der Waals surface area contributed by atoms with Crippen LogP contribution in [0.4, 0.5) is 23.4 Å². The molecular weight excluding hydrogens is 386 g/mol. The Morgan fingerprint density at radius 1 is 1.24 bits per heavy atom. The van der Waals surface area contributed by atoms with Crippen molar-refractivity contribution in [2.45, 2.75) is 57.0 Å². The van der Waals surface area contributed by atoms with Gasteiger partial charge in [-0.05, 0) is 49.3 Å². The van der Waals surface area contributed by atoms with Gasteiger partial charge in [-0.25, -0.2) is 4.39 Å². The fourth-order valence-electron chi connectivity index (χ4n) is 3.99. The number of aryl methyl sites for hydroxylation is 1. The molecule has 0 unspecified atom stereocenters. The molecule has 1 N–H and O–H groups in total. The Bertz CT molecular complexity index is 909. The van der Waals surface area contributed by atoms with E-state index < -0.39 is 23.9 Å². The van der Waals surface area contributed by atoms with Crippen LogP contribution in [0.5, 0.6) is 0 Å². The number of carbonyl (C=O) groups excluding carboxylic acids is 1. The standard InChI is InChI=1S/C21H23F4N3O/c1-28-19(26-17(29)12-20(9-10-20)21(23,24)25)18(14-3-2-4-14)16(27-28)11-13-5-7-15(22)8-6-13/h5-8,14H,2-4,9-12H2,1H3,(H,26,29). The van der Waals surface area contributed by atoms with E-state index in [2.05, 4.69) is 10.4 Å². The average molecular weight is 409 g/mol. The van der Waals surface area contributed by atoms with Crippen LogP contribution in [0.15, 0.2) is 24.3 Å². The molecule has 0 aliphatic heterocycles. The Morgan fingerprint density at radius 3 is 2.41 bits per heavy atom. The molecule has 4 nitrogen and oxygen atoms in total. The number of rotatable bonds is 6. The van der Waals surface area contributed by atoms with Gasteiger partial charge < -0.3 is 5.32 Å². The van der Waals surface area contributed by atoms with Crippen molar-refractivity contribution >= 4 is 11.7 Å². The first-order valence-electron chi connectivity index (χ1n) is 9.85. The minimum Gasteiger partial charge on any atom is -0.311 e. The van der Waals surface area contributed by atoms with Crippen molar-refractivity contribution in [3.8, 4) is 0 Å². The molecule has 2 fully saturated rings. The average Bonchev–Trinajstić information content (AvgIpc) is 3.32. The summed E-state index contributed by atoms with van der Waals surface area (Å²) in [6.45, 7) is 0. The van der Waals surface area contributed by atoms with Crippen LogP contribution in [0.2, 0.25) is 0 Å². The van der Waals surface area contributed by atoms with Gasteiger partial charge in [0.25, 0.3) is 0 Å². The maximum Gasteiger partial charge on any atom is 0.395 e. The number of nitrogens with zero attached hydrogens (tertiary/aromatic N) is 2. The third kappa shape index (κ3) is 3.89. The molecule has 2 aromatic rings. The molecule has 2 aliphatic rings. The second kappa shape index (κ2) is 7.15. The third-order valence-corrected chi connectivity index (χ3v) is 6.17. The first kappa shape index (κ1) is 19.9. The zero-order valence-electron chi connectivity index (χ0n) is 16.2. The Kier molecular flexibility index (Phi) is 4.91. The minimum atomic E-state index is -4.36. The molecule has 2 saturated carbocycles. The smallest absolute Gasteiger partial charge is 0.311 e. The number of amides is 1. The number of alkyl halides is 3. The SMILES string of the molecule is Cn1nc(Cc2ccc(F)cc2)c(C2CCC2)c1NC(=O)CC1(C(F)(F)F)CC1. The van der Waals surface area contributed by atoms with Crippen LogP contribution in [0.3, 0.4) is 0 Å². The Morgan fingerprint density at radius 2 is 1.90 bits per heavy atom. The lowest BCUT2D eigenvalue weighted by atomic mass is 9.79. The summed E-state index contributed by atoms with van der Waals surface area (Å²) in [5, 5.41) is 7.24. The molecule has 8 heteroatoms. The lowest BCUT2D eigenvalue weighted by molar-refractivity contribution is -0.189. The summed E-state index contributed by atoms with van der Waals surface area (Å²) in [5.41, 5.74) is 0.685. The largest absolute Gasteiger partial charge is 0.395 e. The number of hydrogen-bond donors (Lipinski definition) is 1. The van der Waals surface area contributed by atoms with E-state index in [-0.39, 0.29) is 24.6 Å². The predicted molar refractivity (Wildman–Crippen MR) is 100.0 cm³/mol. The van der Waals surface area contributed by atoms with E-state index in [1.807, 2.05) is 0 Å². The lowest BCUT2D eigenvalue weighted by Crippen LogP contribution is -2.30. The molecule has 2 aliphatic carbocycles. The first-order chi connectivity index (χ1) is 13.7. The third-order valence-electron chi connectivity index (χ3n) is 6.17. The van der Waals surface area contributed by atoms with Crippen LogP contribution in [0.25, 0.3) is 0 Å². The summed E-state index contributed by atoms with van der Waals surface area (Å²) in [7, 11) is 1.68. The second-order valence-electron chi connectivity index (χ2n) is 8.27. The molecule has 1 aromatic heterocycles. The molecule has 29 heavy (non-hydrogen) atoms. The zero-order chi connectivity index (χ0) is 20.8. The highest BCUT2D eigenvalue weighted by Crippen LogP contribution is 2.60. The number of nitrogens with one attached hydrogen (secondary N) is 1. The van der Waals surface area contributed by atoms with E-state index in [4.69, 9.17) is 0 Å². The summed E-state index contributed by atoms with van der Waals surface area (Å²) in [6, 6.07) is 6.15. The summed E-state index contributed by atoms with van der Waals surface area (Å²) in [6.07, 6.45) is -1.46. The van der Waals surface area contributed by atoms with Crippen molar-refractivity contribution in [2.24, 2.45) is 12.5 Å². The molecule has 1 amide bonds. The number of hydrogen-bond acceptors (Lipinski definition) is 2. The van der Waals surface area contributed by atoms with Gasteiger partial charge in [0.05, 0.1) is 11.1 Å². The Balaban J connectivity index is 1.57. The monoisotopic (exact) mass is 409 g/mol. The zero-order valence-corrected chi connectivity index (χ0v) is 16.2. The van der Waals surface area contributed by atoms with Crippen LogP contribution in [-0.4, -0.2) is 21.9 Å². The van der Waals surface area contributed by atoms with Gasteiger partial charge in [0.2, 0.25) is 5.91 Å². The van der Waals surface area contributed by atoms with Gasteiger partial charge in [-0.2, -0.15) is 18.3 Å². The number of benzene rings is 1. The van der Waals surface area contributed by atoms with E-state index in [0.29, 0.717) is 12.2 Å².